The van der Waals surface area contributed by atoms with Gasteiger partial charge in [0.05, 0.1) is 7.11 Å². The highest BCUT2D eigenvalue weighted by Crippen LogP contribution is 2.20. The second-order valence-electron chi connectivity index (χ2n) is 3.37. The third kappa shape index (κ3) is 2.30. The van der Waals surface area contributed by atoms with Crippen molar-refractivity contribution in [1.82, 2.24) is 9.97 Å². The van der Waals surface area contributed by atoms with Crippen LogP contribution in [-0.4, -0.2) is 33.6 Å². The molecule has 0 aliphatic carbocycles. The fourth-order valence-electron chi connectivity index (χ4n) is 1.05. The van der Waals surface area contributed by atoms with Crippen LogP contribution >= 0.6 is 0 Å². The van der Waals surface area contributed by atoms with Crippen molar-refractivity contribution in [3.8, 4) is 5.88 Å². The predicted octanol–water partition coefficient (Wildman–Crippen LogP) is 0.829. The summed E-state index contributed by atoms with van der Waals surface area (Å²) in [5.74, 6) is -0.342. The molecule has 82 valence electrons. The Kier molecular flexibility index (Phi) is 3.36. The Labute approximate surface area is 88.1 Å². The maximum Gasteiger partial charge on any atom is 0.243 e. The first-order valence-corrected chi connectivity index (χ1v) is 4.65. The van der Waals surface area contributed by atoms with E-state index in [0.29, 0.717) is 6.42 Å². The van der Waals surface area contributed by atoms with Crippen molar-refractivity contribution in [3.63, 3.8) is 0 Å². The van der Waals surface area contributed by atoms with Crippen molar-refractivity contribution in [2.24, 2.45) is 0 Å². The van der Waals surface area contributed by atoms with Gasteiger partial charge < -0.3 is 9.84 Å². The smallest absolute Gasteiger partial charge is 0.243 e. The minimum atomic E-state index is -1.43. The highest BCUT2D eigenvalue weighted by atomic mass is 16.5. The van der Waals surface area contributed by atoms with Gasteiger partial charge in [0.25, 0.3) is 0 Å². The Hall–Kier alpha value is -1.49. The number of hydrogen-bond acceptors (Lipinski definition) is 5. The summed E-state index contributed by atoms with van der Waals surface area (Å²) in [7, 11) is 1.40. The van der Waals surface area contributed by atoms with Crippen LogP contribution in [-0.2, 0) is 0 Å². The van der Waals surface area contributed by atoms with E-state index in [1.54, 1.807) is 6.92 Å². The van der Waals surface area contributed by atoms with Crippen LogP contribution in [0.3, 0.4) is 0 Å². The SMILES string of the molecule is CCC(C)(O)C(=O)c1nccnc1OC. The highest BCUT2D eigenvalue weighted by molar-refractivity contribution is 6.02. The molecule has 0 saturated carbocycles. The maximum absolute atomic E-state index is 11.8. The molecule has 0 fully saturated rings. The normalized spacial score (nSPS) is 14.4. The first-order valence-electron chi connectivity index (χ1n) is 4.65. The van der Waals surface area contributed by atoms with Crippen LogP contribution < -0.4 is 4.74 Å². The number of rotatable bonds is 4. The molecule has 1 aromatic heterocycles. The minimum absolute atomic E-state index is 0.0619. The van der Waals surface area contributed by atoms with Crippen molar-refractivity contribution in [2.75, 3.05) is 7.11 Å². The number of aromatic nitrogens is 2. The topological polar surface area (TPSA) is 72.3 Å². The van der Waals surface area contributed by atoms with Gasteiger partial charge in [-0.2, -0.15) is 0 Å². The standard InChI is InChI=1S/C10H14N2O3/c1-4-10(2,14)8(13)7-9(15-3)12-6-5-11-7/h5-6,14H,4H2,1-3H3. The molecule has 0 amide bonds. The molecule has 0 aromatic carbocycles. The van der Waals surface area contributed by atoms with Gasteiger partial charge in [-0.15, -0.1) is 0 Å². The van der Waals surface area contributed by atoms with Gasteiger partial charge in [-0.3, -0.25) is 4.79 Å². The van der Waals surface area contributed by atoms with E-state index in [2.05, 4.69) is 9.97 Å². The first kappa shape index (κ1) is 11.6. The molecule has 1 aromatic rings. The number of carbonyl (C=O) groups excluding carboxylic acids is 1. The molecule has 15 heavy (non-hydrogen) atoms. The zero-order chi connectivity index (χ0) is 11.5. The summed E-state index contributed by atoms with van der Waals surface area (Å²) in [6.45, 7) is 3.17. The molecule has 0 bridgehead atoms. The van der Waals surface area contributed by atoms with Gasteiger partial charge in [0.15, 0.2) is 5.69 Å². The van der Waals surface area contributed by atoms with Crippen LogP contribution in [0.1, 0.15) is 30.8 Å². The van der Waals surface area contributed by atoms with Crippen molar-refractivity contribution in [3.05, 3.63) is 18.1 Å². The third-order valence-corrected chi connectivity index (χ3v) is 2.25. The molecule has 5 nitrogen and oxygen atoms in total. The van der Waals surface area contributed by atoms with E-state index in [1.807, 2.05) is 0 Å². The fraction of sp³-hybridized carbons (Fsp3) is 0.500. The highest BCUT2D eigenvalue weighted by Gasteiger charge is 2.32. The Balaban J connectivity index is 3.11. The Morgan fingerprint density at radius 2 is 2.13 bits per heavy atom. The number of ketones is 1. The van der Waals surface area contributed by atoms with E-state index in [4.69, 9.17) is 4.74 Å². The lowest BCUT2D eigenvalue weighted by Crippen LogP contribution is -2.35. The summed E-state index contributed by atoms with van der Waals surface area (Å²) in [6, 6.07) is 0. The zero-order valence-corrected chi connectivity index (χ0v) is 9.02. The summed E-state index contributed by atoms with van der Waals surface area (Å²) in [5.41, 5.74) is -1.37. The van der Waals surface area contributed by atoms with Gasteiger partial charge in [-0.05, 0) is 13.3 Å². The van der Waals surface area contributed by atoms with E-state index in [9.17, 15) is 9.90 Å². The summed E-state index contributed by atoms with van der Waals surface area (Å²) in [6.07, 6.45) is 3.13. The van der Waals surface area contributed by atoms with Gasteiger partial charge in [0.1, 0.15) is 5.60 Å². The summed E-state index contributed by atoms with van der Waals surface area (Å²) in [4.78, 5) is 19.6. The van der Waals surface area contributed by atoms with Gasteiger partial charge >= 0.3 is 0 Å². The van der Waals surface area contributed by atoms with E-state index in [0.717, 1.165) is 0 Å². The average molecular weight is 210 g/mol. The lowest BCUT2D eigenvalue weighted by molar-refractivity contribution is 0.0381. The van der Waals surface area contributed by atoms with E-state index < -0.39 is 11.4 Å². The minimum Gasteiger partial charge on any atom is -0.479 e. The number of methoxy groups -OCH3 is 1. The molecule has 0 aliphatic heterocycles. The molecule has 1 heterocycles. The van der Waals surface area contributed by atoms with E-state index in [1.165, 1.54) is 26.4 Å². The van der Waals surface area contributed by atoms with Crippen LogP contribution in [0, 0.1) is 0 Å². The molecule has 1 unspecified atom stereocenters. The molecule has 0 radical (unpaired) electrons. The molecule has 1 rings (SSSR count). The van der Waals surface area contributed by atoms with Crippen molar-refractivity contribution >= 4 is 5.78 Å². The second kappa shape index (κ2) is 4.35. The van der Waals surface area contributed by atoms with Gasteiger partial charge in [0.2, 0.25) is 11.7 Å². The summed E-state index contributed by atoms with van der Waals surface area (Å²) >= 11 is 0. The number of aliphatic hydroxyl groups is 1. The molecular weight excluding hydrogens is 196 g/mol. The third-order valence-electron chi connectivity index (χ3n) is 2.25. The Morgan fingerprint density at radius 1 is 1.53 bits per heavy atom. The molecule has 0 saturated heterocycles. The van der Waals surface area contributed by atoms with Crippen LogP contribution in [0.5, 0.6) is 5.88 Å². The van der Waals surface area contributed by atoms with Gasteiger partial charge in [-0.25, -0.2) is 9.97 Å². The van der Waals surface area contributed by atoms with Crippen molar-refractivity contribution < 1.29 is 14.6 Å². The molecular formula is C10H14N2O3. The van der Waals surface area contributed by atoms with Gasteiger partial charge in [0, 0.05) is 12.4 Å². The lowest BCUT2D eigenvalue weighted by Gasteiger charge is -2.19. The molecule has 0 aliphatic rings. The van der Waals surface area contributed by atoms with Crippen LogP contribution in [0.2, 0.25) is 0 Å². The van der Waals surface area contributed by atoms with Crippen LogP contribution in [0.25, 0.3) is 0 Å². The first-order chi connectivity index (χ1) is 7.03. The number of Topliss-reactive ketones (excluding diaryl/α,β-unsaturated/α-hetero) is 1. The van der Waals surface area contributed by atoms with Crippen LogP contribution in [0.15, 0.2) is 12.4 Å². The zero-order valence-electron chi connectivity index (χ0n) is 9.02. The average Bonchev–Trinajstić information content (AvgIpc) is 2.28. The summed E-state index contributed by atoms with van der Waals surface area (Å²) < 4.78 is 4.90. The van der Waals surface area contributed by atoms with Gasteiger partial charge in [-0.1, -0.05) is 6.92 Å². The van der Waals surface area contributed by atoms with E-state index in [-0.39, 0.29) is 11.6 Å². The maximum atomic E-state index is 11.8. The van der Waals surface area contributed by atoms with Crippen molar-refractivity contribution in [1.29, 1.82) is 0 Å². The molecule has 0 spiro atoms. The predicted molar refractivity (Wildman–Crippen MR) is 53.8 cm³/mol. The van der Waals surface area contributed by atoms with Crippen molar-refractivity contribution in [2.45, 2.75) is 25.9 Å². The fourth-order valence-corrected chi connectivity index (χ4v) is 1.05. The number of hydrogen-bond donors (Lipinski definition) is 1. The lowest BCUT2D eigenvalue weighted by atomic mass is 9.95. The molecule has 1 N–H and O–H groups in total. The Morgan fingerprint density at radius 3 is 2.67 bits per heavy atom. The largest absolute Gasteiger partial charge is 0.479 e. The molecule has 1 atom stereocenters. The number of carbonyl (C=O) groups is 1. The second-order valence-corrected chi connectivity index (χ2v) is 3.37. The number of nitrogens with zero attached hydrogens (tertiary/aromatic N) is 2. The summed E-state index contributed by atoms with van der Waals surface area (Å²) in [5, 5.41) is 9.79. The van der Waals surface area contributed by atoms with Crippen LogP contribution in [0.4, 0.5) is 0 Å². The monoisotopic (exact) mass is 210 g/mol. The number of ether oxygens (including phenoxy) is 1. The van der Waals surface area contributed by atoms with E-state index >= 15 is 0 Å². The Bertz CT molecular complexity index is 363. The molecule has 5 heteroatoms. The quantitative estimate of drug-likeness (QED) is 0.745.